The number of ether oxygens (including phenoxy) is 4. The maximum absolute atomic E-state index is 14.4. The van der Waals surface area contributed by atoms with E-state index in [1.54, 1.807) is 14.2 Å². The number of anilines is 1. The van der Waals surface area contributed by atoms with Crippen LogP contribution in [0.25, 0.3) is 0 Å². The molecule has 3 aromatic carbocycles. The molecule has 0 unspecified atom stereocenters. The molecule has 1 fully saturated rings. The molecule has 10 nitrogen and oxygen atoms in total. The molecule has 2 aliphatic rings. The number of carbonyl (C=O) groups is 2. The molecule has 0 radical (unpaired) electrons. The van der Waals surface area contributed by atoms with E-state index in [1.165, 1.54) is 0 Å². The van der Waals surface area contributed by atoms with Gasteiger partial charge in [0.2, 0.25) is 18.4 Å². The second-order valence-electron chi connectivity index (χ2n) is 14.1. The number of benzene rings is 3. The first kappa shape index (κ1) is 36.0. The fraction of sp³-hybridized carbons (Fsp3) is 0.487. The third kappa shape index (κ3) is 8.66. The third-order valence-electron chi connectivity index (χ3n) is 9.53. The summed E-state index contributed by atoms with van der Waals surface area (Å²) >= 11 is 0. The van der Waals surface area contributed by atoms with E-state index >= 15 is 0 Å². The van der Waals surface area contributed by atoms with E-state index in [-0.39, 0.29) is 31.2 Å². The SMILES string of the molecule is CCCCN(C(=O)CN1C[C@H](c2cc(OC)c3c(c2)OCO3)[C@@H](C(=O)O)[C@@H]1CCCc1ccccc1OC)c1cccc(C[N+](C)(C)C)c1. The number of hydrogen-bond acceptors (Lipinski definition) is 7. The van der Waals surface area contributed by atoms with Crippen molar-refractivity contribution in [1.29, 1.82) is 0 Å². The summed E-state index contributed by atoms with van der Waals surface area (Å²) < 4.78 is 23.3. The number of unbranched alkanes of at least 4 members (excludes halogenated alkanes) is 1. The number of nitrogens with zero attached hydrogens (tertiary/aromatic N) is 3. The van der Waals surface area contributed by atoms with Crippen LogP contribution >= 0.6 is 0 Å². The van der Waals surface area contributed by atoms with E-state index in [0.717, 1.165) is 64.8 Å². The number of aryl methyl sites for hydroxylation is 1. The van der Waals surface area contributed by atoms with Gasteiger partial charge in [-0.1, -0.05) is 43.7 Å². The molecule has 10 heteroatoms. The van der Waals surface area contributed by atoms with Gasteiger partial charge in [0.15, 0.2) is 11.5 Å². The van der Waals surface area contributed by atoms with Gasteiger partial charge in [-0.2, -0.15) is 0 Å². The number of fused-ring (bicyclic) bond motifs is 1. The van der Waals surface area contributed by atoms with E-state index in [9.17, 15) is 14.7 Å². The lowest BCUT2D eigenvalue weighted by molar-refractivity contribution is -0.884. The Bertz CT molecular complexity index is 1600. The van der Waals surface area contributed by atoms with Crippen LogP contribution in [-0.2, 0) is 22.6 Å². The van der Waals surface area contributed by atoms with Crippen molar-refractivity contribution in [2.75, 3.05) is 66.7 Å². The van der Waals surface area contributed by atoms with Crippen molar-refractivity contribution in [2.24, 2.45) is 5.92 Å². The van der Waals surface area contributed by atoms with Crippen LogP contribution in [0.4, 0.5) is 5.69 Å². The minimum Gasteiger partial charge on any atom is -0.496 e. The van der Waals surface area contributed by atoms with Gasteiger partial charge in [0.25, 0.3) is 0 Å². The molecule has 0 bridgehead atoms. The monoisotopic (exact) mass is 674 g/mol. The van der Waals surface area contributed by atoms with Gasteiger partial charge in [-0.25, -0.2) is 0 Å². The number of carboxylic acids is 1. The minimum atomic E-state index is -0.880. The standard InChI is InChI=1S/C39H51N3O7/c1-7-8-19-41(30-16-11-13-27(20-30)25-42(2,3)4)36(43)24-40-23-31(29-21-34(47-6)38-35(22-29)48-26-49-38)37(39(44)45)32(40)17-12-15-28-14-9-10-18-33(28)46-5/h9-11,13-14,16,18,20-22,31-32,37H,7-8,12,15,17,19,23-26H2,1-6H3/p+1/t31-,32+,37-/m1/s1. The Balaban J connectivity index is 1.46. The molecule has 49 heavy (non-hydrogen) atoms. The summed E-state index contributed by atoms with van der Waals surface area (Å²) in [6, 6.07) is 19.5. The molecule has 3 atom stereocenters. The van der Waals surface area contributed by atoms with Crippen molar-refractivity contribution < 1.29 is 38.1 Å². The first-order chi connectivity index (χ1) is 23.5. The molecule has 5 rings (SSSR count). The van der Waals surface area contributed by atoms with Gasteiger partial charge < -0.3 is 33.4 Å². The zero-order valence-corrected chi connectivity index (χ0v) is 29.8. The van der Waals surface area contributed by atoms with Gasteiger partial charge in [-0.05, 0) is 67.1 Å². The topological polar surface area (TPSA) is 97.8 Å². The van der Waals surface area contributed by atoms with Crippen LogP contribution in [0.15, 0.2) is 60.7 Å². The largest absolute Gasteiger partial charge is 0.496 e. The lowest BCUT2D eigenvalue weighted by Crippen LogP contribution is -2.44. The Morgan fingerprint density at radius 1 is 0.980 bits per heavy atom. The second-order valence-corrected chi connectivity index (χ2v) is 14.1. The highest BCUT2D eigenvalue weighted by Gasteiger charge is 2.47. The predicted molar refractivity (Wildman–Crippen MR) is 190 cm³/mol. The molecule has 0 spiro atoms. The molecule has 0 aliphatic carbocycles. The van der Waals surface area contributed by atoms with E-state index in [0.29, 0.717) is 36.8 Å². The molecule has 2 aliphatic heterocycles. The minimum absolute atomic E-state index is 0.0290. The zero-order valence-electron chi connectivity index (χ0n) is 29.8. The van der Waals surface area contributed by atoms with Crippen molar-refractivity contribution in [3.8, 4) is 23.0 Å². The number of para-hydroxylation sites is 1. The summed E-state index contributed by atoms with van der Waals surface area (Å²) in [4.78, 5) is 31.5. The number of methoxy groups -OCH3 is 2. The summed E-state index contributed by atoms with van der Waals surface area (Å²) in [7, 11) is 9.68. The Morgan fingerprint density at radius 2 is 1.76 bits per heavy atom. The van der Waals surface area contributed by atoms with Crippen molar-refractivity contribution in [1.82, 2.24) is 4.90 Å². The van der Waals surface area contributed by atoms with Crippen LogP contribution < -0.4 is 23.8 Å². The molecule has 3 aromatic rings. The van der Waals surface area contributed by atoms with E-state index in [2.05, 4.69) is 45.1 Å². The van der Waals surface area contributed by atoms with Gasteiger partial charge in [0.05, 0.1) is 47.8 Å². The van der Waals surface area contributed by atoms with Gasteiger partial charge in [0.1, 0.15) is 12.3 Å². The highest BCUT2D eigenvalue weighted by Crippen LogP contribution is 2.47. The van der Waals surface area contributed by atoms with E-state index in [4.69, 9.17) is 18.9 Å². The van der Waals surface area contributed by atoms with Gasteiger partial charge in [-0.15, -0.1) is 0 Å². The summed E-state index contributed by atoms with van der Waals surface area (Å²) in [5, 5.41) is 10.8. The van der Waals surface area contributed by atoms with Crippen molar-refractivity contribution in [3.05, 3.63) is 77.4 Å². The van der Waals surface area contributed by atoms with Crippen LogP contribution in [0, 0.1) is 5.92 Å². The number of quaternary nitrogens is 1. The number of rotatable bonds is 16. The molecule has 0 aromatic heterocycles. The number of aliphatic carboxylic acids is 1. The van der Waals surface area contributed by atoms with Gasteiger partial charge in [0, 0.05) is 36.3 Å². The summed E-state index contributed by atoms with van der Waals surface area (Å²) in [6.45, 7) is 4.16. The lowest BCUT2D eigenvalue weighted by Gasteiger charge is -2.30. The number of likely N-dealkylation sites (tertiary alicyclic amines) is 1. The smallest absolute Gasteiger partial charge is 0.308 e. The first-order valence-electron chi connectivity index (χ1n) is 17.3. The fourth-order valence-electron chi connectivity index (χ4n) is 7.31. The van der Waals surface area contributed by atoms with Gasteiger partial charge in [-0.3, -0.25) is 14.5 Å². The first-order valence-corrected chi connectivity index (χ1v) is 17.3. The van der Waals surface area contributed by atoms with Crippen LogP contribution in [0.3, 0.4) is 0 Å². The molecule has 2 heterocycles. The quantitative estimate of drug-likeness (QED) is 0.186. The van der Waals surface area contributed by atoms with Crippen molar-refractivity contribution in [2.45, 2.75) is 57.5 Å². The number of carboxylic acid groups (broad SMARTS) is 1. The Morgan fingerprint density at radius 3 is 2.47 bits per heavy atom. The number of carbonyl (C=O) groups excluding carboxylic acids is 1. The zero-order chi connectivity index (χ0) is 35.1. The molecule has 1 amide bonds. The van der Waals surface area contributed by atoms with E-state index in [1.807, 2.05) is 53.4 Å². The molecule has 1 N–H and O–H groups in total. The normalized spacial score (nSPS) is 18.8. The van der Waals surface area contributed by atoms with E-state index < -0.39 is 11.9 Å². The highest BCUT2D eigenvalue weighted by molar-refractivity contribution is 5.95. The molecular formula is C39H52N3O7+. The van der Waals surface area contributed by atoms with Crippen LogP contribution in [-0.4, -0.2) is 94.2 Å². The summed E-state index contributed by atoms with van der Waals surface area (Å²) in [5.41, 5.74) is 3.92. The number of amides is 1. The third-order valence-corrected chi connectivity index (χ3v) is 9.53. The summed E-state index contributed by atoms with van der Waals surface area (Å²) in [6.07, 6.45) is 3.90. The molecule has 0 saturated carbocycles. The van der Waals surface area contributed by atoms with Gasteiger partial charge >= 0.3 is 5.97 Å². The molecule has 264 valence electrons. The Hall–Kier alpha value is -4.28. The summed E-state index contributed by atoms with van der Waals surface area (Å²) in [5.74, 6) is 0.356. The molecule has 1 saturated heterocycles. The number of hydrogen-bond donors (Lipinski definition) is 1. The Kier molecular flexibility index (Phi) is 11.7. The highest BCUT2D eigenvalue weighted by atomic mass is 16.7. The van der Waals surface area contributed by atoms with Crippen molar-refractivity contribution in [3.63, 3.8) is 0 Å². The predicted octanol–water partition coefficient (Wildman–Crippen LogP) is 5.96. The molecular weight excluding hydrogens is 622 g/mol. The van der Waals surface area contributed by atoms with Crippen LogP contribution in [0.2, 0.25) is 0 Å². The Labute approximate surface area is 290 Å². The van der Waals surface area contributed by atoms with Crippen molar-refractivity contribution >= 4 is 17.6 Å². The maximum atomic E-state index is 14.4. The lowest BCUT2D eigenvalue weighted by atomic mass is 9.83. The second kappa shape index (κ2) is 16.0. The van der Waals surface area contributed by atoms with Crippen LogP contribution in [0.1, 0.15) is 55.2 Å². The fourth-order valence-corrected chi connectivity index (χ4v) is 7.31. The average Bonchev–Trinajstić information content (AvgIpc) is 3.69. The van der Waals surface area contributed by atoms with Crippen LogP contribution in [0.5, 0.6) is 23.0 Å². The maximum Gasteiger partial charge on any atom is 0.308 e. The average molecular weight is 675 g/mol.